The van der Waals surface area contributed by atoms with Crippen molar-refractivity contribution in [1.82, 2.24) is 9.55 Å². The standard InChI is InChI=1S/C23H18FN3O4S2/c1-13-11-16(7-8-17(13)24)27-21(29)20-18(9-10-32-20)26-23(27)33-12-19(28)25-15-5-3-14(4-6-15)22(30)31-2/h3-11H,12H2,1-2H3,(H,25,28). The van der Waals surface area contributed by atoms with E-state index in [4.69, 9.17) is 0 Å². The van der Waals surface area contributed by atoms with E-state index in [9.17, 15) is 18.8 Å². The molecule has 0 aliphatic carbocycles. The molecule has 10 heteroatoms. The number of hydrogen-bond donors (Lipinski definition) is 1. The van der Waals surface area contributed by atoms with E-state index in [0.29, 0.717) is 37.9 Å². The predicted molar refractivity (Wildman–Crippen MR) is 127 cm³/mol. The van der Waals surface area contributed by atoms with Crippen LogP contribution in [0.1, 0.15) is 15.9 Å². The molecule has 0 aliphatic heterocycles. The fourth-order valence-corrected chi connectivity index (χ4v) is 4.69. The van der Waals surface area contributed by atoms with Crippen molar-refractivity contribution in [3.63, 3.8) is 0 Å². The molecule has 0 radical (unpaired) electrons. The average molecular weight is 484 g/mol. The van der Waals surface area contributed by atoms with Crippen molar-refractivity contribution in [3.8, 4) is 5.69 Å². The van der Waals surface area contributed by atoms with E-state index >= 15 is 0 Å². The van der Waals surface area contributed by atoms with Crippen molar-refractivity contribution in [2.75, 3.05) is 18.2 Å². The lowest BCUT2D eigenvalue weighted by molar-refractivity contribution is -0.113. The van der Waals surface area contributed by atoms with Crippen LogP contribution in [0.4, 0.5) is 10.1 Å². The second-order valence-corrected chi connectivity index (χ2v) is 8.87. The molecule has 4 aromatic rings. The summed E-state index contributed by atoms with van der Waals surface area (Å²) < 4.78 is 20.3. The van der Waals surface area contributed by atoms with Gasteiger partial charge in [-0.15, -0.1) is 11.3 Å². The maximum absolute atomic E-state index is 13.8. The molecule has 0 spiro atoms. The van der Waals surface area contributed by atoms with Gasteiger partial charge >= 0.3 is 5.97 Å². The number of benzene rings is 2. The van der Waals surface area contributed by atoms with Crippen molar-refractivity contribution < 1.29 is 18.7 Å². The fourth-order valence-electron chi connectivity index (χ4n) is 3.12. The van der Waals surface area contributed by atoms with Gasteiger partial charge in [0.05, 0.1) is 29.6 Å². The highest BCUT2D eigenvalue weighted by Crippen LogP contribution is 2.25. The number of anilines is 1. The van der Waals surface area contributed by atoms with Crippen LogP contribution in [-0.2, 0) is 9.53 Å². The summed E-state index contributed by atoms with van der Waals surface area (Å²) in [6.45, 7) is 1.62. The zero-order valence-corrected chi connectivity index (χ0v) is 19.3. The third kappa shape index (κ3) is 4.81. The van der Waals surface area contributed by atoms with Gasteiger partial charge in [-0.2, -0.15) is 0 Å². The summed E-state index contributed by atoms with van der Waals surface area (Å²) in [4.78, 5) is 41.7. The number of halogens is 1. The number of amides is 1. The fraction of sp³-hybridized carbons (Fsp3) is 0.130. The van der Waals surface area contributed by atoms with E-state index in [1.54, 1.807) is 48.7 Å². The lowest BCUT2D eigenvalue weighted by atomic mass is 10.2. The van der Waals surface area contributed by atoms with Gasteiger partial charge in [-0.05, 0) is 66.4 Å². The third-order valence-electron chi connectivity index (χ3n) is 4.77. The molecule has 0 saturated heterocycles. The van der Waals surface area contributed by atoms with Crippen molar-refractivity contribution in [1.29, 1.82) is 0 Å². The average Bonchev–Trinajstić information content (AvgIpc) is 3.29. The van der Waals surface area contributed by atoms with Crippen LogP contribution in [0.5, 0.6) is 0 Å². The Morgan fingerprint density at radius 2 is 1.94 bits per heavy atom. The van der Waals surface area contributed by atoms with Crippen LogP contribution in [0.25, 0.3) is 15.9 Å². The number of fused-ring (bicyclic) bond motifs is 1. The Morgan fingerprint density at radius 3 is 2.64 bits per heavy atom. The van der Waals surface area contributed by atoms with E-state index in [0.717, 1.165) is 11.8 Å². The highest BCUT2D eigenvalue weighted by molar-refractivity contribution is 7.99. The lowest BCUT2D eigenvalue weighted by Gasteiger charge is -2.13. The third-order valence-corrected chi connectivity index (χ3v) is 6.60. The van der Waals surface area contributed by atoms with Crippen LogP contribution >= 0.6 is 23.1 Å². The number of aromatic nitrogens is 2. The van der Waals surface area contributed by atoms with Gasteiger partial charge in [0.15, 0.2) is 5.16 Å². The SMILES string of the molecule is COC(=O)c1ccc(NC(=O)CSc2nc3ccsc3c(=O)n2-c2ccc(F)c(C)c2)cc1. The number of carbonyl (C=O) groups excluding carboxylic acids is 2. The van der Waals surface area contributed by atoms with Gasteiger partial charge in [0.2, 0.25) is 5.91 Å². The molecule has 2 aromatic carbocycles. The van der Waals surface area contributed by atoms with Gasteiger partial charge in [0, 0.05) is 5.69 Å². The molecule has 2 aromatic heterocycles. The number of nitrogens with zero attached hydrogens (tertiary/aromatic N) is 2. The van der Waals surface area contributed by atoms with Crippen molar-refractivity contribution in [2.24, 2.45) is 0 Å². The van der Waals surface area contributed by atoms with Gasteiger partial charge in [-0.3, -0.25) is 14.2 Å². The Balaban J connectivity index is 1.58. The number of thiophene rings is 1. The van der Waals surface area contributed by atoms with Gasteiger partial charge < -0.3 is 10.1 Å². The van der Waals surface area contributed by atoms with Gasteiger partial charge in [-0.25, -0.2) is 14.2 Å². The van der Waals surface area contributed by atoms with E-state index < -0.39 is 5.97 Å². The van der Waals surface area contributed by atoms with Gasteiger partial charge in [0.25, 0.3) is 5.56 Å². The first-order valence-electron chi connectivity index (χ1n) is 9.75. The second kappa shape index (κ2) is 9.55. The maximum atomic E-state index is 13.8. The Morgan fingerprint density at radius 1 is 1.18 bits per heavy atom. The number of nitrogens with one attached hydrogen (secondary N) is 1. The predicted octanol–water partition coefficient (Wildman–Crippen LogP) is 4.41. The molecule has 168 valence electrons. The molecule has 0 fully saturated rings. The number of rotatable bonds is 6. The summed E-state index contributed by atoms with van der Waals surface area (Å²) in [5.41, 5.74) is 2.03. The van der Waals surface area contributed by atoms with Crippen LogP contribution in [0.2, 0.25) is 0 Å². The van der Waals surface area contributed by atoms with Crippen LogP contribution in [0.15, 0.2) is 63.9 Å². The minimum atomic E-state index is -0.465. The summed E-state index contributed by atoms with van der Waals surface area (Å²) in [5.74, 6) is -1.16. The Labute approximate surface area is 196 Å². The lowest BCUT2D eigenvalue weighted by Crippen LogP contribution is -2.22. The largest absolute Gasteiger partial charge is 0.465 e. The number of hydrogen-bond acceptors (Lipinski definition) is 7. The Kier molecular flexibility index (Phi) is 6.57. The van der Waals surface area contributed by atoms with Crippen LogP contribution in [-0.4, -0.2) is 34.3 Å². The molecule has 1 N–H and O–H groups in total. The molecule has 2 heterocycles. The highest BCUT2D eigenvalue weighted by Gasteiger charge is 2.16. The monoisotopic (exact) mass is 483 g/mol. The molecular formula is C23H18FN3O4S2. The zero-order valence-electron chi connectivity index (χ0n) is 17.6. The molecule has 1 amide bonds. The quantitative estimate of drug-likeness (QED) is 0.248. The van der Waals surface area contributed by atoms with E-state index in [-0.39, 0.29) is 23.0 Å². The minimum absolute atomic E-state index is 0.0129. The van der Waals surface area contributed by atoms with Crippen LogP contribution in [0, 0.1) is 12.7 Å². The molecular weight excluding hydrogens is 465 g/mol. The molecule has 0 bridgehead atoms. The zero-order chi connectivity index (χ0) is 23.5. The smallest absolute Gasteiger partial charge is 0.337 e. The van der Waals surface area contributed by atoms with Gasteiger partial charge in [-0.1, -0.05) is 11.8 Å². The van der Waals surface area contributed by atoms with Crippen molar-refractivity contribution >= 4 is 50.9 Å². The number of esters is 1. The van der Waals surface area contributed by atoms with Crippen LogP contribution in [0.3, 0.4) is 0 Å². The summed E-state index contributed by atoms with van der Waals surface area (Å²) in [5, 5.41) is 4.85. The molecule has 0 unspecified atom stereocenters. The summed E-state index contributed by atoms with van der Waals surface area (Å²) in [7, 11) is 1.30. The number of thioether (sulfide) groups is 1. The molecule has 0 atom stereocenters. The summed E-state index contributed by atoms with van der Waals surface area (Å²) >= 11 is 2.38. The maximum Gasteiger partial charge on any atom is 0.337 e. The van der Waals surface area contributed by atoms with Crippen LogP contribution < -0.4 is 10.9 Å². The molecule has 0 saturated carbocycles. The topological polar surface area (TPSA) is 90.3 Å². The van der Waals surface area contributed by atoms with Crippen molar-refractivity contribution in [3.05, 3.63) is 81.2 Å². The normalized spacial score (nSPS) is 10.9. The molecule has 7 nitrogen and oxygen atoms in total. The first-order chi connectivity index (χ1) is 15.9. The number of ether oxygens (including phenoxy) is 1. The van der Waals surface area contributed by atoms with E-state index in [1.807, 2.05) is 0 Å². The first kappa shape index (κ1) is 22.7. The van der Waals surface area contributed by atoms with E-state index in [1.165, 1.54) is 35.1 Å². The summed E-state index contributed by atoms with van der Waals surface area (Å²) in [6, 6.07) is 12.4. The molecule has 4 rings (SSSR count). The van der Waals surface area contributed by atoms with E-state index in [2.05, 4.69) is 15.0 Å². The molecule has 0 aliphatic rings. The minimum Gasteiger partial charge on any atom is -0.465 e. The highest BCUT2D eigenvalue weighted by atomic mass is 32.2. The number of carbonyl (C=O) groups is 2. The first-order valence-corrected chi connectivity index (χ1v) is 11.6. The molecule has 33 heavy (non-hydrogen) atoms. The second-order valence-electron chi connectivity index (χ2n) is 7.01. The Hall–Kier alpha value is -3.50. The number of methoxy groups -OCH3 is 1. The van der Waals surface area contributed by atoms with Gasteiger partial charge in [0.1, 0.15) is 10.5 Å². The van der Waals surface area contributed by atoms with Crippen molar-refractivity contribution in [2.45, 2.75) is 12.1 Å². The number of aryl methyl sites for hydroxylation is 1. The Bertz CT molecular complexity index is 1410. The summed E-state index contributed by atoms with van der Waals surface area (Å²) in [6.07, 6.45) is 0.